The van der Waals surface area contributed by atoms with E-state index in [0.717, 1.165) is 24.3 Å². The molecule has 0 saturated carbocycles. The van der Waals surface area contributed by atoms with Crippen LogP contribution in [0.1, 0.15) is 28.8 Å². The van der Waals surface area contributed by atoms with E-state index in [1.54, 1.807) is 0 Å². The summed E-state index contributed by atoms with van der Waals surface area (Å²) < 4.78 is 37.3. The van der Waals surface area contributed by atoms with Crippen molar-refractivity contribution in [3.63, 3.8) is 0 Å². The van der Waals surface area contributed by atoms with Gasteiger partial charge in [0.1, 0.15) is 6.04 Å². The highest BCUT2D eigenvalue weighted by Crippen LogP contribution is 2.29. The first kappa shape index (κ1) is 14.4. The van der Waals surface area contributed by atoms with Gasteiger partial charge in [0, 0.05) is 12.1 Å². The van der Waals surface area contributed by atoms with Crippen molar-refractivity contribution in [1.29, 1.82) is 0 Å². The third-order valence-corrected chi connectivity index (χ3v) is 3.30. The van der Waals surface area contributed by atoms with Crippen molar-refractivity contribution in [2.45, 2.75) is 25.1 Å². The Labute approximate surface area is 113 Å². The second-order valence-corrected chi connectivity index (χ2v) is 4.63. The van der Waals surface area contributed by atoms with Crippen LogP contribution >= 0.6 is 0 Å². The predicted octanol–water partition coefficient (Wildman–Crippen LogP) is 1.80. The van der Waals surface area contributed by atoms with Crippen molar-refractivity contribution >= 4 is 11.8 Å². The summed E-state index contributed by atoms with van der Waals surface area (Å²) in [7, 11) is 0. The van der Waals surface area contributed by atoms with Crippen LogP contribution in [0.15, 0.2) is 24.3 Å². The molecule has 1 fully saturated rings. The maximum Gasteiger partial charge on any atom is 0.416 e. The Morgan fingerprint density at radius 2 is 1.80 bits per heavy atom. The molecule has 20 heavy (non-hydrogen) atoms. The lowest BCUT2D eigenvalue weighted by Crippen LogP contribution is -2.43. The number of nitrogens with zero attached hydrogens (tertiary/aromatic N) is 1. The van der Waals surface area contributed by atoms with Gasteiger partial charge >= 0.3 is 6.18 Å². The van der Waals surface area contributed by atoms with E-state index >= 15 is 0 Å². The molecule has 1 aliphatic rings. The molecule has 2 N–H and O–H groups in total. The molecule has 1 saturated heterocycles. The molecular formula is C13H13F3N2O2. The predicted molar refractivity (Wildman–Crippen MR) is 64.7 cm³/mol. The first-order chi connectivity index (χ1) is 9.30. The Morgan fingerprint density at radius 3 is 2.30 bits per heavy atom. The van der Waals surface area contributed by atoms with Crippen molar-refractivity contribution in [2.24, 2.45) is 5.73 Å². The number of carbonyl (C=O) groups is 2. The van der Waals surface area contributed by atoms with E-state index in [9.17, 15) is 22.8 Å². The lowest BCUT2D eigenvalue weighted by atomic mass is 10.1. The van der Waals surface area contributed by atoms with E-state index in [1.807, 2.05) is 0 Å². The Kier molecular flexibility index (Phi) is 3.69. The van der Waals surface area contributed by atoms with Crippen LogP contribution < -0.4 is 5.73 Å². The van der Waals surface area contributed by atoms with Crippen molar-refractivity contribution in [3.05, 3.63) is 35.4 Å². The summed E-state index contributed by atoms with van der Waals surface area (Å²) >= 11 is 0. The van der Waals surface area contributed by atoms with Crippen LogP contribution in [-0.4, -0.2) is 29.3 Å². The molecule has 2 amide bonds. The van der Waals surface area contributed by atoms with Gasteiger partial charge in [-0.1, -0.05) is 0 Å². The van der Waals surface area contributed by atoms with Crippen molar-refractivity contribution in [2.75, 3.05) is 6.54 Å². The number of primary amides is 1. The molecule has 4 nitrogen and oxygen atoms in total. The molecule has 108 valence electrons. The molecular weight excluding hydrogens is 273 g/mol. The minimum atomic E-state index is -4.44. The molecule has 0 spiro atoms. The SMILES string of the molecule is NC(=O)[C@@H]1CCCN1C(=O)c1ccc(C(F)(F)F)cc1. The van der Waals surface area contributed by atoms with E-state index in [4.69, 9.17) is 5.73 Å². The van der Waals surface area contributed by atoms with E-state index in [1.165, 1.54) is 4.90 Å². The molecule has 2 rings (SSSR count). The highest BCUT2D eigenvalue weighted by Gasteiger charge is 2.34. The molecule has 1 heterocycles. The molecule has 0 radical (unpaired) electrons. The van der Waals surface area contributed by atoms with Gasteiger partial charge < -0.3 is 10.6 Å². The first-order valence-electron chi connectivity index (χ1n) is 6.08. The highest BCUT2D eigenvalue weighted by molar-refractivity contribution is 5.97. The van der Waals surface area contributed by atoms with Gasteiger partial charge in [-0.15, -0.1) is 0 Å². The van der Waals surface area contributed by atoms with Crippen molar-refractivity contribution < 1.29 is 22.8 Å². The number of nitrogens with two attached hydrogens (primary N) is 1. The number of rotatable bonds is 2. The van der Waals surface area contributed by atoms with Crippen LogP contribution in [0, 0.1) is 0 Å². The average molecular weight is 286 g/mol. The van der Waals surface area contributed by atoms with E-state index in [2.05, 4.69) is 0 Å². The average Bonchev–Trinajstić information content (AvgIpc) is 2.86. The lowest BCUT2D eigenvalue weighted by Gasteiger charge is -2.22. The van der Waals surface area contributed by atoms with E-state index in [0.29, 0.717) is 19.4 Å². The molecule has 0 unspecified atom stereocenters. The fourth-order valence-corrected chi connectivity index (χ4v) is 2.27. The number of carbonyl (C=O) groups excluding carboxylic acids is 2. The minimum Gasteiger partial charge on any atom is -0.368 e. The Balaban J connectivity index is 2.19. The summed E-state index contributed by atoms with van der Waals surface area (Å²) in [5.41, 5.74) is 4.50. The van der Waals surface area contributed by atoms with Crippen LogP contribution in [0.4, 0.5) is 13.2 Å². The minimum absolute atomic E-state index is 0.117. The molecule has 1 aromatic rings. The summed E-state index contributed by atoms with van der Waals surface area (Å²) in [6, 6.07) is 3.25. The normalized spacial score (nSPS) is 19.1. The summed E-state index contributed by atoms with van der Waals surface area (Å²) in [4.78, 5) is 24.7. The second-order valence-electron chi connectivity index (χ2n) is 4.63. The maximum atomic E-state index is 12.4. The number of benzene rings is 1. The first-order valence-corrected chi connectivity index (χ1v) is 6.08. The number of hydrogen-bond acceptors (Lipinski definition) is 2. The Morgan fingerprint density at radius 1 is 1.20 bits per heavy atom. The maximum absolute atomic E-state index is 12.4. The monoisotopic (exact) mass is 286 g/mol. The number of likely N-dealkylation sites (tertiary alicyclic amines) is 1. The molecule has 0 aliphatic carbocycles. The molecule has 1 aliphatic heterocycles. The van der Waals surface area contributed by atoms with E-state index in [-0.39, 0.29) is 5.56 Å². The summed E-state index contributed by atoms with van der Waals surface area (Å²) in [6.45, 7) is 0.382. The van der Waals surface area contributed by atoms with Crippen LogP contribution in [0.25, 0.3) is 0 Å². The van der Waals surface area contributed by atoms with E-state index < -0.39 is 29.6 Å². The number of hydrogen-bond donors (Lipinski definition) is 1. The smallest absolute Gasteiger partial charge is 0.368 e. The summed E-state index contributed by atoms with van der Waals surface area (Å²) in [5.74, 6) is -1.07. The number of halogens is 3. The van der Waals surface area contributed by atoms with Crippen molar-refractivity contribution in [3.8, 4) is 0 Å². The summed E-state index contributed by atoms with van der Waals surface area (Å²) in [6.07, 6.45) is -3.30. The van der Waals surface area contributed by atoms with Gasteiger partial charge in [0.05, 0.1) is 5.56 Å². The fourth-order valence-electron chi connectivity index (χ4n) is 2.27. The van der Waals surface area contributed by atoms with Crippen LogP contribution in [-0.2, 0) is 11.0 Å². The zero-order valence-corrected chi connectivity index (χ0v) is 10.5. The number of amides is 2. The zero-order chi connectivity index (χ0) is 14.9. The Hall–Kier alpha value is -2.05. The van der Waals surface area contributed by atoms with Gasteiger partial charge in [0.2, 0.25) is 5.91 Å². The fraction of sp³-hybridized carbons (Fsp3) is 0.385. The second kappa shape index (κ2) is 5.15. The quantitative estimate of drug-likeness (QED) is 0.901. The highest BCUT2D eigenvalue weighted by atomic mass is 19.4. The standard InChI is InChI=1S/C13H13F3N2O2/c14-13(15,16)9-5-3-8(4-6-9)12(20)18-7-1-2-10(18)11(17)19/h3-6,10H,1-2,7H2,(H2,17,19)/t10-/m0/s1. The third kappa shape index (κ3) is 2.76. The molecule has 0 bridgehead atoms. The topological polar surface area (TPSA) is 63.4 Å². The molecule has 0 aromatic heterocycles. The molecule has 1 atom stereocenters. The molecule has 1 aromatic carbocycles. The van der Waals surface area contributed by atoms with Gasteiger partial charge in [0.25, 0.3) is 5.91 Å². The van der Waals surface area contributed by atoms with Gasteiger partial charge in [-0.05, 0) is 37.1 Å². The molecule has 7 heteroatoms. The lowest BCUT2D eigenvalue weighted by molar-refractivity contribution is -0.137. The van der Waals surface area contributed by atoms with Gasteiger partial charge in [-0.2, -0.15) is 13.2 Å². The summed E-state index contributed by atoms with van der Waals surface area (Å²) in [5, 5.41) is 0. The van der Waals surface area contributed by atoms with Crippen molar-refractivity contribution in [1.82, 2.24) is 4.90 Å². The number of alkyl halides is 3. The van der Waals surface area contributed by atoms with Crippen LogP contribution in [0.2, 0.25) is 0 Å². The Bertz CT molecular complexity index is 525. The zero-order valence-electron chi connectivity index (χ0n) is 10.5. The van der Waals surface area contributed by atoms with Crippen LogP contribution in [0.3, 0.4) is 0 Å². The van der Waals surface area contributed by atoms with Gasteiger partial charge in [-0.3, -0.25) is 9.59 Å². The van der Waals surface area contributed by atoms with Crippen LogP contribution in [0.5, 0.6) is 0 Å². The third-order valence-electron chi connectivity index (χ3n) is 3.30. The van der Waals surface area contributed by atoms with Gasteiger partial charge in [0.15, 0.2) is 0 Å². The van der Waals surface area contributed by atoms with Gasteiger partial charge in [-0.25, -0.2) is 0 Å². The largest absolute Gasteiger partial charge is 0.416 e.